The van der Waals surface area contributed by atoms with E-state index in [0.29, 0.717) is 27.8 Å². The van der Waals surface area contributed by atoms with E-state index in [1.807, 2.05) is 6.92 Å². The SMILES string of the molecule is Cc1ccc(NC(=O)COC(=O)/C(C#N)=C/c2ccc3c(c2)OCO3)c(Cl)c1. The first-order valence-corrected chi connectivity index (χ1v) is 8.58. The molecule has 0 fully saturated rings. The second kappa shape index (κ2) is 8.46. The standard InChI is InChI=1S/C20H15ClN2O5/c1-12-2-4-16(15(21)6-12)23-19(24)10-26-20(25)14(9-22)7-13-3-5-17-18(8-13)28-11-27-17/h2-8H,10-11H2,1H3,(H,23,24)/b14-7+. The van der Waals surface area contributed by atoms with E-state index < -0.39 is 18.5 Å². The maximum absolute atomic E-state index is 12.1. The summed E-state index contributed by atoms with van der Waals surface area (Å²) in [5.74, 6) is -0.372. The van der Waals surface area contributed by atoms with E-state index in [1.165, 1.54) is 6.08 Å². The molecule has 142 valence electrons. The van der Waals surface area contributed by atoms with Crippen molar-refractivity contribution >= 4 is 35.2 Å². The number of benzene rings is 2. The topological polar surface area (TPSA) is 97.7 Å². The molecule has 0 bridgehead atoms. The van der Waals surface area contributed by atoms with Gasteiger partial charge in [0, 0.05) is 0 Å². The molecular weight excluding hydrogens is 384 g/mol. The van der Waals surface area contributed by atoms with E-state index in [0.717, 1.165) is 5.56 Å². The van der Waals surface area contributed by atoms with Gasteiger partial charge in [-0.25, -0.2) is 4.79 Å². The van der Waals surface area contributed by atoms with Gasteiger partial charge < -0.3 is 19.5 Å². The number of nitriles is 1. The van der Waals surface area contributed by atoms with Crippen molar-refractivity contribution < 1.29 is 23.8 Å². The lowest BCUT2D eigenvalue weighted by molar-refractivity contribution is -0.142. The van der Waals surface area contributed by atoms with Crippen molar-refractivity contribution in [3.05, 3.63) is 58.1 Å². The van der Waals surface area contributed by atoms with Crippen molar-refractivity contribution in [2.45, 2.75) is 6.92 Å². The number of hydrogen-bond donors (Lipinski definition) is 1. The first kappa shape index (κ1) is 19.3. The number of aryl methyl sites for hydroxylation is 1. The van der Waals surface area contributed by atoms with E-state index in [-0.39, 0.29) is 12.4 Å². The Morgan fingerprint density at radius 1 is 1.25 bits per heavy atom. The van der Waals surface area contributed by atoms with Crippen LogP contribution < -0.4 is 14.8 Å². The van der Waals surface area contributed by atoms with E-state index in [9.17, 15) is 14.9 Å². The lowest BCUT2D eigenvalue weighted by Gasteiger charge is -2.08. The number of nitrogens with one attached hydrogen (secondary N) is 1. The smallest absolute Gasteiger partial charge is 0.349 e. The van der Waals surface area contributed by atoms with Gasteiger partial charge in [-0.2, -0.15) is 5.26 Å². The molecule has 0 aliphatic carbocycles. The van der Waals surface area contributed by atoms with Crippen LogP contribution in [0.4, 0.5) is 5.69 Å². The zero-order valence-electron chi connectivity index (χ0n) is 14.8. The summed E-state index contributed by atoms with van der Waals surface area (Å²) in [6.07, 6.45) is 1.35. The summed E-state index contributed by atoms with van der Waals surface area (Å²) in [7, 11) is 0. The minimum absolute atomic E-state index is 0.121. The fourth-order valence-electron chi connectivity index (χ4n) is 2.42. The average molecular weight is 399 g/mol. The highest BCUT2D eigenvalue weighted by atomic mass is 35.5. The van der Waals surface area contributed by atoms with Gasteiger partial charge in [0.15, 0.2) is 18.1 Å². The molecule has 0 aromatic heterocycles. The zero-order chi connectivity index (χ0) is 20.1. The van der Waals surface area contributed by atoms with E-state index in [1.54, 1.807) is 42.5 Å². The average Bonchev–Trinajstić information content (AvgIpc) is 3.14. The Morgan fingerprint density at radius 2 is 2.04 bits per heavy atom. The Bertz CT molecular complexity index is 1010. The van der Waals surface area contributed by atoms with Gasteiger partial charge in [0.05, 0.1) is 10.7 Å². The van der Waals surface area contributed by atoms with Crippen molar-refractivity contribution in [3.63, 3.8) is 0 Å². The third kappa shape index (κ3) is 4.61. The number of fused-ring (bicyclic) bond motifs is 1. The Labute approximate surface area is 166 Å². The minimum Gasteiger partial charge on any atom is -0.454 e. The summed E-state index contributed by atoms with van der Waals surface area (Å²) >= 11 is 6.05. The second-order valence-electron chi connectivity index (χ2n) is 5.89. The molecule has 0 atom stereocenters. The van der Waals surface area contributed by atoms with Gasteiger partial charge in [-0.15, -0.1) is 0 Å². The monoisotopic (exact) mass is 398 g/mol. The number of rotatable bonds is 5. The number of amides is 1. The van der Waals surface area contributed by atoms with E-state index >= 15 is 0 Å². The molecule has 28 heavy (non-hydrogen) atoms. The van der Waals surface area contributed by atoms with Gasteiger partial charge in [-0.1, -0.05) is 23.7 Å². The lowest BCUT2D eigenvalue weighted by atomic mass is 10.1. The minimum atomic E-state index is -0.912. The molecular formula is C20H15ClN2O5. The van der Waals surface area contributed by atoms with Crippen LogP contribution >= 0.6 is 11.6 Å². The molecule has 0 radical (unpaired) electrons. The Kier molecular flexibility index (Phi) is 5.82. The van der Waals surface area contributed by atoms with Crippen molar-refractivity contribution in [1.29, 1.82) is 5.26 Å². The van der Waals surface area contributed by atoms with Gasteiger partial charge in [0.1, 0.15) is 11.6 Å². The summed E-state index contributed by atoms with van der Waals surface area (Å²) in [5.41, 5.74) is 1.67. The Hall–Kier alpha value is -3.50. The molecule has 2 aromatic rings. The predicted octanol–water partition coefficient (Wildman–Crippen LogP) is 3.47. The molecule has 0 spiro atoms. The molecule has 0 saturated carbocycles. The molecule has 1 amide bonds. The number of carbonyl (C=O) groups excluding carboxylic acids is 2. The van der Waals surface area contributed by atoms with Crippen LogP contribution in [0.1, 0.15) is 11.1 Å². The van der Waals surface area contributed by atoms with Crippen LogP contribution in [-0.2, 0) is 14.3 Å². The Morgan fingerprint density at radius 3 is 2.79 bits per heavy atom. The molecule has 0 unspecified atom stereocenters. The van der Waals surface area contributed by atoms with Crippen LogP contribution in [0, 0.1) is 18.3 Å². The van der Waals surface area contributed by atoms with E-state index in [2.05, 4.69) is 5.32 Å². The molecule has 3 rings (SSSR count). The van der Waals surface area contributed by atoms with Crippen molar-refractivity contribution in [1.82, 2.24) is 0 Å². The van der Waals surface area contributed by atoms with Gasteiger partial charge in [0.25, 0.3) is 5.91 Å². The summed E-state index contributed by atoms with van der Waals surface area (Å²) in [4.78, 5) is 24.1. The molecule has 1 aliphatic heterocycles. The number of ether oxygens (including phenoxy) is 3. The largest absolute Gasteiger partial charge is 0.454 e. The first-order valence-electron chi connectivity index (χ1n) is 8.21. The predicted molar refractivity (Wildman–Crippen MR) is 102 cm³/mol. The number of carbonyl (C=O) groups is 2. The molecule has 7 nitrogen and oxygen atoms in total. The highest BCUT2D eigenvalue weighted by Crippen LogP contribution is 2.33. The first-order chi connectivity index (χ1) is 13.5. The van der Waals surface area contributed by atoms with Crippen LogP contribution in [0.15, 0.2) is 42.0 Å². The van der Waals surface area contributed by atoms with Crippen LogP contribution in [-0.4, -0.2) is 25.3 Å². The van der Waals surface area contributed by atoms with Gasteiger partial charge in [-0.3, -0.25) is 4.79 Å². The fraction of sp³-hybridized carbons (Fsp3) is 0.150. The molecule has 0 saturated heterocycles. The van der Waals surface area contributed by atoms with Crippen LogP contribution in [0.3, 0.4) is 0 Å². The maximum atomic E-state index is 12.1. The number of hydrogen-bond acceptors (Lipinski definition) is 6. The third-order valence-electron chi connectivity index (χ3n) is 3.78. The molecule has 2 aromatic carbocycles. The number of anilines is 1. The molecule has 8 heteroatoms. The summed E-state index contributed by atoms with van der Waals surface area (Å²) < 4.78 is 15.4. The second-order valence-corrected chi connectivity index (χ2v) is 6.30. The number of esters is 1. The summed E-state index contributed by atoms with van der Waals surface area (Å²) in [6, 6.07) is 11.9. The van der Waals surface area contributed by atoms with Crippen LogP contribution in [0.25, 0.3) is 6.08 Å². The van der Waals surface area contributed by atoms with E-state index in [4.69, 9.17) is 25.8 Å². The highest BCUT2D eigenvalue weighted by molar-refractivity contribution is 6.33. The van der Waals surface area contributed by atoms with Gasteiger partial charge >= 0.3 is 5.97 Å². The normalized spacial score (nSPS) is 12.2. The fourth-order valence-corrected chi connectivity index (χ4v) is 2.71. The zero-order valence-corrected chi connectivity index (χ0v) is 15.6. The number of nitrogens with zero attached hydrogens (tertiary/aromatic N) is 1. The molecule has 1 heterocycles. The van der Waals surface area contributed by atoms with Crippen LogP contribution in [0.2, 0.25) is 5.02 Å². The number of halogens is 1. The highest BCUT2D eigenvalue weighted by Gasteiger charge is 2.16. The summed E-state index contributed by atoms with van der Waals surface area (Å²) in [6.45, 7) is 1.44. The van der Waals surface area contributed by atoms with Crippen molar-refractivity contribution in [3.8, 4) is 17.6 Å². The van der Waals surface area contributed by atoms with Gasteiger partial charge in [-0.05, 0) is 48.4 Å². The van der Waals surface area contributed by atoms with Crippen LogP contribution in [0.5, 0.6) is 11.5 Å². The quantitative estimate of drug-likeness (QED) is 0.470. The third-order valence-corrected chi connectivity index (χ3v) is 4.09. The maximum Gasteiger partial charge on any atom is 0.349 e. The molecule has 1 N–H and O–H groups in total. The summed E-state index contributed by atoms with van der Waals surface area (Å²) in [5, 5.41) is 12.1. The molecule has 1 aliphatic rings. The van der Waals surface area contributed by atoms with Crippen molar-refractivity contribution in [2.75, 3.05) is 18.7 Å². The van der Waals surface area contributed by atoms with Crippen molar-refractivity contribution in [2.24, 2.45) is 0 Å². The van der Waals surface area contributed by atoms with Gasteiger partial charge in [0.2, 0.25) is 6.79 Å². The lowest BCUT2D eigenvalue weighted by Crippen LogP contribution is -2.21. The Balaban J connectivity index is 1.61.